The molecule has 2 aromatic heterocycles. The summed E-state index contributed by atoms with van der Waals surface area (Å²) in [5.41, 5.74) is 9.97. The Balaban J connectivity index is 2.01. The molecule has 3 rings (SSSR count). The number of aryl methyl sites for hydroxylation is 1. The maximum Gasteiger partial charge on any atom is 0.0501 e. The van der Waals surface area contributed by atoms with E-state index in [1.807, 2.05) is 37.5 Å². The number of pyridine rings is 2. The summed E-state index contributed by atoms with van der Waals surface area (Å²) in [4.78, 5) is 8.50. The van der Waals surface area contributed by atoms with E-state index in [4.69, 9.17) is 5.73 Å². The maximum absolute atomic E-state index is 6.04. The number of nitrogens with two attached hydrogens (primary N) is 1. The van der Waals surface area contributed by atoms with Crippen LogP contribution >= 0.6 is 0 Å². The number of benzene rings is 1. The zero-order valence-electron chi connectivity index (χ0n) is 12.2. The third-order valence-corrected chi connectivity index (χ3v) is 3.63. The minimum absolute atomic E-state index is 0.166. The van der Waals surface area contributed by atoms with Crippen molar-refractivity contribution in [1.82, 2.24) is 9.97 Å². The fraction of sp³-hybridized carbons (Fsp3) is 0.176. The van der Waals surface area contributed by atoms with Crippen LogP contribution in [0.2, 0.25) is 0 Å². The summed E-state index contributed by atoms with van der Waals surface area (Å²) in [5.74, 6) is 0. The van der Waals surface area contributed by atoms with E-state index in [9.17, 15) is 0 Å². The quantitative estimate of drug-likeness (QED) is 0.717. The highest BCUT2D eigenvalue weighted by Gasteiger charge is 2.09. The van der Waals surface area contributed by atoms with Crippen molar-refractivity contribution in [2.75, 3.05) is 11.1 Å². The van der Waals surface area contributed by atoms with E-state index in [2.05, 4.69) is 34.3 Å². The van der Waals surface area contributed by atoms with Crippen LogP contribution in [0, 0.1) is 6.92 Å². The summed E-state index contributed by atoms with van der Waals surface area (Å²) in [5, 5.41) is 5.60. The molecule has 1 unspecified atom stereocenters. The molecule has 21 heavy (non-hydrogen) atoms. The minimum atomic E-state index is 0.166. The van der Waals surface area contributed by atoms with Gasteiger partial charge in [0.1, 0.15) is 0 Å². The van der Waals surface area contributed by atoms with Crippen LogP contribution in [-0.4, -0.2) is 9.97 Å². The number of nitrogens with zero attached hydrogens (tertiary/aromatic N) is 2. The van der Waals surface area contributed by atoms with Gasteiger partial charge in [0.05, 0.1) is 6.04 Å². The van der Waals surface area contributed by atoms with E-state index in [1.54, 1.807) is 6.20 Å². The molecule has 0 amide bonds. The highest BCUT2D eigenvalue weighted by molar-refractivity contribution is 6.00. The molecule has 0 aliphatic heterocycles. The molecule has 0 bridgehead atoms. The molecule has 1 aromatic carbocycles. The smallest absolute Gasteiger partial charge is 0.0501 e. The minimum Gasteiger partial charge on any atom is -0.398 e. The summed E-state index contributed by atoms with van der Waals surface area (Å²) < 4.78 is 0. The largest absolute Gasteiger partial charge is 0.398 e. The van der Waals surface area contributed by atoms with Crippen LogP contribution in [0.3, 0.4) is 0 Å². The lowest BCUT2D eigenvalue weighted by atomic mass is 10.1. The lowest BCUT2D eigenvalue weighted by Crippen LogP contribution is -2.07. The number of nitrogens with one attached hydrogen (secondary N) is 1. The lowest BCUT2D eigenvalue weighted by Gasteiger charge is -2.18. The molecule has 106 valence electrons. The van der Waals surface area contributed by atoms with E-state index in [0.29, 0.717) is 0 Å². The normalized spacial score (nSPS) is 12.3. The van der Waals surface area contributed by atoms with Crippen LogP contribution < -0.4 is 11.1 Å². The molecular formula is C17H18N4. The summed E-state index contributed by atoms with van der Waals surface area (Å²) in [6.07, 6.45) is 5.49. The Morgan fingerprint density at radius 2 is 2.00 bits per heavy atom. The number of aromatic nitrogens is 2. The van der Waals surface area contributed by atoms with Gasteiger partial charge in [-0.25, -0.2) is 0 Å². The molecule has 0 radical (unpaired) electrons. The molecule has 4 heteroatoms. The third kappa shape index (κ3) is 2.65. The molecule has 0 saturated carbocycles. The van der Waals surface area contributed by atoms with Gasteiger partial charge in [-0.2, -0.15) is 0 Å². The van der Waals surface area contributed by atoms with Crippen LogP contribution in [0.1, 0.15) is 24.2 Å². The van der Waals surface area contributed by atoms with Gasteiger partial charge in [0, 0.05) is 46.4 Å². The molecule has 3 aromatic rings. The van der Waals surface area contributed by atoms with Crippen molar-refractivity contribution in [2.24, 2.45) is 0 Å². The molecule has 0 aliphatic rings. The number of hydrogen-bond donors (Lipinski definition) is 2. The number of nitrogen functional groups attached to an aromatic ring is 1. The Bertz CT molecular complexity index is 768. The van der Waals surface area contributed by atoms with Crippen molar-refractivity contribution in [3.8, 4) is 0 Å². The van der Waals surface area contributed by atoms with E-state index in [-0.39, 0.29) is 6.04 Å². The van der Waals surface area contributed by atoms with Crippen LogP contribution in [0.15, 0.2) is 48.9 Å². The first-order chi connectivity index (χ1) is 10.1. The van der Waals surface area contributed by atoms with Crippen molar-refractivity contribution < 1.29 is 0 Å². The highest BCUT2D eigenvalue weighted by Crippen LogP contribution is 2.30. The molecule has 0 fully saturated rings. The summed E-state index contributed by atoms with van der Waals surface area (Å²) in [7, 11) is 0. The summed E-state index contributed by atoms with van der Waals surface area (Å²) >= 11 is 0. The molecule has 2 heterocycles. The monoisotopic (exact) mass is 278 g/mol. The van der Waals surface area contributed by atoms with Gasteiger partial charge in [0.15, 0.2) is 0 Å². The first-order valence-corrected chi connectivity index (χ1v) is 6.96. The second-order valence-electron chi connectivity index (χ2n) is 5.23. The number of anilines is 2. The van der Waals surface area contributed by atoms with Crippen LogP contribution in [0.5, 0.6) is 0 Å². The zero-order chi connectivity index (χ0) is 14.8. The molecule has 0 spiro atoms. The number of hydrogen-bond acceptors (Lipinski definition) is 4. The van der Waals surface area contributed by atoms with E-state index >= 15 is 0 Å². The van der Waals surface area contributed by atoms with E-state index in [0.717, 1.165) is 33.4 Å². The van der Waals surface area contributed by atoms with Gasteiger partial charge in [0.25, 0.3) is 0 Å². The second kappa shape index (κ2) is 5.40. The van der Waals surface area contributed by atoms with Crippen molar-refractivity contribution in [2.45, 2.75) is 19.9 Å². The summed E-state index contributed by atoms with van der Waals surface area (Å²) in [6, 6.07) is 10.2. The molecule has 4 nitrogen and oxygen atoms in total. The van der Waals surface area contributed by atoms with Crippen molar-refractivity contribution in [1.29, 1.82) is 0 Å². The van der Waals surface area contributed by atoms with Crippen molar-refractivity contribution >= 4 is 22.1 Å². The Morgan fingerprint density at radius 1 is 1.14 bits per heavy atom. The Labute approximate surface area is 124 Å². The number of fused-ring (bicyclic) bond motifs is 1. The first kappa shape index (κ1) is 13.4. The van der Waals surface area contributed by atoms with Gasteiger partial charge in [-0.1, -0.05) is 6.07 Å². The van der Waals surface area contributed by atoms with Crippen molar-refractivity contribution in [3.05, 3.63) is 60.2 Å². The van der Waals surface area contributed by atoms with Crippen molar-refractivity contribution in [3.63, 3.8) is 0 Å². The van der Waals surface area contributed by atoms with Gasteiger partial charge >= 0.3 is 0 Å². The fourth-order valence-electron chi connectivity index (χ4n) is 2.44. The average Bonchev–Trinajstić information content (AvgIpc) is 2.51. The molecule has 3 N–H and O–H groups in total. The topological polar surface area (TPSA) is 63.8 Å². The third-order valence-electron chi connectivity index (χ3n) is 3.63. The highest BCUT2D eigenvalue weighted by atomic mass is 14.9. The molecule has 0 aliphatic carbocycles. The zero-order valence-corrected chi connectivity index (χ0v) is 12.2. The second-order valence-corrected chi connectivity index (χ2v) is 5.23. The molecule has 1 atom stereocenters. The van der Waals surface area contributed by atoms with Gasteiger partial charge in [-0.05, 0) is 43.7 Å². The summed E-state index contributed by atoms with van der Waals surface area (Å²) in [6.45, 7) is 4.10. The molecular weight excluding hydrogens is 260 g/mol. The van der Waals surface area contributed by atoms with Gasteiger partial charge < -0.3 is 11.1 Å². The van der Waals surface area contributed by atoms with Gasteiger partial charge in [-0.3, -0.25) is 9.97 Å². The predicted octanol–water partition coefficient (Wildman–Crippen LogP) is 3.69. The lowest BCUT2D eigenvalue weighted by molar-refractivity contribution is 0.877. The van der Waals surface area contributed by atoms with Crippen LogP contribution in [0.4, 0.5) is 11.4 Å². The van der Waals surface area contributed by atoms with Gasteiger partial charge in [0.2, 0.25) is 0 Å². The SMILES string of the molecule is Cc1cc2c(NC(C)c3cccnc3)ccc(N)c2cn1. The predicted molar refractivity (Wildman–Crippen MR) is 87.2 cm³/mol. The molecule has 0 saturated heterocycles. The van der Waals surface area contributed by atoms with E-state index < -0.39 is 0 Å². The first-order valence-electron chi connectivity index (χ1n) is 6.96. The number of rotatable bonds is 3. The van der Waals surface area contributed by atoms with Crippen LogP contribution in [0.25, 0.3) is 10.8 Å². The van der Waals surface area contributed by atoms with Crippen LogP contribution in [-0.2, 0) is 0 Å². The standard InChI is InChI=1S/C17H18N4/c1-11-8-14-15(10-20-11)16(18)5-6-17(14)21-12(2)13-4-3-7-19-9-13/h3-10,12,21H,18H2,1-2H3. The Kier molecular flexibility index (Phi) is 3.44. The Morgan fingerprint density at radius 3 is 2.76 bits per heavy atom. The Hall–Kier alpha value is -2.62. The fourth-order valence-corrected chi connectivity index (χ4v) is 2.44. The van der Waals surface area contributed by atoms with E-state index in [1.165, 1.54) is 0 Å². The van der Waals surface area contributed by atoms with Gasteiger partial charge in [-0.15, -0.1) is 0 Å². The maximum atomic E-state index is 6.04. The average molecular weight is 278 g/mol.